The molecule has 2 fully saturated rings. The molecule has 2 rings (SSSR count). The van der Waals surface area contributed by atoms with Crippen LogP contribution < -0.4 is 0 Å². The molecular formula is C26H35IO17. The van der Waals surface area contributed by atoms with Crippen LogP contribution in [0.2, 0.25) is 0 Å². The fraction of sp³-hybridized carbons (Fsp3) is 0.731. The second kappa shape index (κ2) is 16.8. The van der Waals surface area contributed by atoms with Crippen LogP contribution in [0.15, 0.2) is 0 Å². The van der Waals surface area contributed by atoms with E-state index in [1.54, 1.807) is 22.6 Å². The van der Waals surface area contributed by atoms with Crippen molar-refractivity contribution in [1.82, 2.24) is 0 Å². The van der Waals surface area contributed by atoms with E-state index in [0.717, 1.165) is 48.5 Å². The van der Waals surface area contributed by atoms with Crippen molar-refractivity contribution in [3.63, 3.8) is 0 Å². The van der Waals surface area contributed by atoms with Crippen LogP contribution in [0.5, 0.6) is 0 Å². The lowest BCUT2D eigenvalue weighted by atomic mass is 9.96. The van der Waals surface area contributed by atoms with Crippen LogP contribution in [0.25, 0.3) is 0 Å². The summed E-state index contributed by atoms with van der Waals surface area (Å²) in [5.74, 6) is -5.56. The number of alkyl halides is 1. The summed E-state index contributed by atoms with van der Waals surface area (Å²) in [6.45, 7) is 6.66. The van der Waals surface area contributed by atoms with Gasteiger partial charge in [-0.2, -0.15) is 0 Å². The average Bonchev–Trinajstić information content (AvgIpc) is 2.87. The zero-order chi connectivity index (χ0) is 33.3. The van der Waals surface area contributed by atoms with Crippen LogP contribution in [0.1, 0.15) is 48.5 Å². The minimum atomic E-state index is -1.72. The predicted octanol–water partition coefficient (Wildman–Crippen LogP) is 0.0411. The summed E-state index contributed by atoms with van der Waals surface area (Å²) in [5.41, 5.74) is 0. The highest BCUT2D eigenvalue weighted by Gasteiger charge is 2.57. The molecule has 44 heavy (non-hydrogen) atoms. The van der Waals surface area contributed by atoms with E-state index < -0.39 is 114 Å². The quantitative estimate of drug-likeness (QED) is 0.118. The average molecular weight is 746 g/mol. The number of esters is 7. The number of hydrogen-bond donors (Lipinski definition) is 0. The van der Waals surface area contributed by atoms with Crippen LogP contribution in [0, 0.1) is 0 Å². The van der Waals surface area contributed by atoms with Crippen molar-refractivity contribution in [3.8, 4) is 0 Å². The van der Waals surface area contributed by atoms with Crippen LogP contribution in [0.4, 0.5) is 0 Å². The molecule has 0 aromatic heterocycles. The minimum Gasteiger partial charge on any atom is -0.463 e. The summed E-state index contributed by atoms with van der Waals surface area (Å²) in [6.07, 6.45) is -13.0. The fourth-order valence-corrected chi connectivity index (χ4v) is 5.39. The minimum absolute atomic E-state index is 0.435. The zero-order valence-corrected chi connectivity index (χ0v) is 27.2. The van der Waals surface area contributed by atoms with Gasteiger partial charge in [0.1, 0.15) is 35.6 Å². The Labute approximate surface area is 265 Å². The molecule has 2 saturated heterocycles. The first kappa shape index (κ1) is 37.1. The largest absolute Gasteiger partial charge is 0.463 e. The first-order valence-electron chi connectivity index (χ1n) is 13.2. The topological polar surface area (TPSA) is 212 Å². The van der Waals surface area contributed by atoms with Gasteiger partial charge in [-0.1, -0.05) is 0 Å². The highest BCUT2D eigenvalue weighted by molar-refractivity contribution is 14.1. The molecule has 0 radical (unpaired) electrons. The van der Waals surface area contributed by atoms with Crippen LogP contribution in [-0.2, 0) is 80.9 Å². The van der Waals surface area contributed by atoms with Gasteiger partial charge >= 0.3 is 41.8 Å². The van der Waals surface area contributed by atoms with Crippen LogP contribution >= 0.6 is 22.6 Å². The second-order valence-corrected chi connectivity index (χ2v) is 10.9. The third-order valence-corrected chi connectivity index (χ3v) is 6.87. The number of carbonyl (C=O) groups excluding carboxylic acids is 7. The Kier molecular flexibility index (Phi) is 14.2. The molecule has 0 unspecified atom stereocenters. The second-order valence-electron chi connectivity index (χ2n) is 9.64. The van der Waals surface area contributed by atoms with Gasteiger partial charge in [-0.15, -0.1) is 0 Å². The summed E-state index contributed by atoms with van der Waals surface area (Å²) < 4.78 is 54.4. The molecule has 248 valence electrons. The lowest BCUT2D eigenvalue weighted by Crippen LogP contribution is -2.66. The Bertz CT molecular complexity index is 1090. The molecule has 18 heteroatoms. The molecule has 0 N–H and O–H groups in total. The summed E-state index contributed by atoms with van der Waals surface area (Å²) in [6, 6.07) is 0. The van der Waals surface area contributed by atoms with Gasteiger partial charge in [-0.25, -0.2) is 0 Å². The molecule has 0 amide bonds. The molecule has 10 atom stereocenters. The Hall–Kier alpha value is -3.10. The molecule has 0 aromatic rings. The normalized spacial score (nSPS) is 31.5. The van der Waals surface area contributed by atoms with Gasteiger partial charge in [-0.05, 0) is 22.6 Å². The van der Waals surface area contributed by atoms with Crippen molar-refractivity contribution in [2.45, 2.75) is 108 Å². The van der Waals surface area contributed by atoms with Crippen molar-refractivity contribution in [1.29, 1.82) is 0 Å². The zero-order valence-electron chi connectivity index (χ0n) is 25.0. The standard InChI is InChI=1S/C26H35IO17/c1-10(28)35-8-17-20(21(38-13(4)31)23(25(27)42-17)40-15(6)33)44-26-24(41-16(7)34)22(39-14(5)32)19(37-12(3)30)18(43-26)9-36-11(2)29/h17-26H,8-9H2,1-7H3/t17-,18-,19+,20-,21+,22+,23-,24-,25+,26+/m1/s1. The molecule has 2 heterocycles. The maximum absolute atomic E-state index is 12.2. The number of halogens is 1. The SMILES string of the molecule is CC(=O)OC[C@H]1O[C@@H](O[C@H]2[C@H](OC(C)=O)[C@@H](OC(C)=O)[C@@H](I)O[C@@H]2COC(C)=O)[C@H](OC(C)=O)[C@@H](OC(C)=O)[C@H]1OC(C)=O. The maximum Gasteiger partial charge on any atom is 0.303 e. The first-order valence-corrected chi connectivity index (χ1v) is 14.5. The maximum atomic E-state index is 12.2. The van der Waals surface area contributed by atoms with E-state index in [1.165, 1.54) is 0 Å². The monoisotopic (exact) mass is 746 g/mol. The molecule has 2 aliphatic heterocycles. The van der Waals surface area contributed by atoms with E-state index in [9.17, 15) is 33.6 Å². The van der Waals surface area contributed by atoms with Gasteiger partial charge in [0.2, 0.25) is 0 Å². The molecule has 0 spiro atoms. The summed E-state index contributed by atoms with van der Waals surface area (Å²) in [7, 11) is 0. The molecule has 0 aliphatic carbocycles. The highest BCUT2D eigenvalue weighted by atomic mass is 127. The molecule has 0 aromatic carbocycles. The third kappa shape index (κ3) is 11.1. The first-order chi connectivity index (χ1) is 20.5. The molecule has 0 bridgehead atoms. The smallest absolute Gasteiger partial charge is 0.303 e. The number of carbonyl (C=O) groups is 7. The Morgan fingerprint density at radius 3 is 1.27 bits per heavy atom. The van der Waals surface area contributed by atoms with Crippen LogP contribution in [-0.4, -0.2) is 114 Å². The number of hydrogen-bond acceptors (Lipinski definition) is 17. The lowest BCUT2D eigenvalue weighted by Gasteiger charge is -2.48. The summed E-state index contributed by atoms with van der Waals surface area (Å²) in [4.78, 5) is 83.8. The molecule has 17 nitrogen and oxygen atoms in total. The van der Waals surface area contributed by atoms with Crippen molar-refractivity contribution in [2.24, 2.45) is 0 Å². The summed E-state index contributed by atoms with van der Waals surface area (Å²) in [5, 5.41) is 0. The number of rotatable bonds is 11. The molecule has 0 saturated carbocycles. The Morgan fingerprint density at radius 2 is 0.841 bits per heavy atom. The molecular weight excluding hydrogens is 711 g/mol. The van der Waals surface area contributed by atoms with Crippen molar-refractivity contribution in [2.75, 3.05) is 13.2 Å². The number of ether oxygens (including phenoxy) is 10. The van der Waals surface area contributed by atoms with E-state index in [0.29, 0.717) is 0 Å². The van der Waals surface area contributed by atoms with Gasteiger partial charge in [0.05, 0.1) is 0 Å². The van der Waals surface area contributed by atoms with Gasteiger partial charge in [-0.3, -0.25) is 33.6 Å². The van der Waals surface area contributed by atoms with Crippen molar-refractivity contribution < 1.29 is 80.9 Å². The van der Waals surface area contributed by atoms with E-state index in [1.807, 2.05) is 0 Å². The van der Waals surface area contributed by atoms with E-state index in [4.69, 9.17) is 47.4 Å². The summed E-state index contributed by atoms with van der Waals surface area (Å²) >= 11 is 1.80. The van der Waals surface area contributed by atoms with Gasteiger partial charge in [0, 0.05) is 48.5 Å². The Morgan fingerprint density at radius 1 is 0.477 bits per heavy atom. The van der Waals surface area contributed by atoms with Gasteiger partial charge in [0.25, 0.3) is 0 Å². The predicted molar refractivity (Wildman–Crippen MR) is 147 cm³/mol. The van der Waals surface area contributed by atoms with E-state index in [-0.39, 0.29) is 0 Å². The van der Waals surface area contributed by atoms with Gasteiger partial charge < -0.3 is 47.4 Å². The fourth-order valence-electron chi connectivity index (χ4n) is 4.46. The molecule has 2 aliphatic rings. The van der Waals surface area contributed by atoms with Crippen molar-refractivity contribution in [3.05, 3.63) is 0 Å². The third-order valence-electron chi connectivity index (χ3n) is 5.87. The Balaban J connectivity index is 2.66. The van der Waals surface area contributed by atoms with E-state index in [2.05, 4.69) is 0 Å². The van der Waals surface area contributed by atoms with Crippen molar-refractivity contribution >= 4 is 64.4 Å². The van der Waals surface area contributed by atoms with E-state index >= 15 is 0 Å². The van der Waals surface area contributed by atoms with Crippen LogP contribution in [0.3, 0.4) is 0 Å². The lowest BCUT2D eigenvalue weighted by molar-refractivity contribution is -0.340. The van der Waals surface area contributed by atoms with Gasteiger partial charge in [0.15, 0.2) is 36.8 Å². The highest BCUT2D eigenvalue weighted by Crippen LogP contribution is 2.36.